The van der Waals surface area contributed by atoms with Crippen LogP contribution in [0.15, 0.2) is 6.33 Å². The molecular formula is C13H20N6. The fraction of sp³-hybridized carbons (Fsp3) is 0.615. The third kappa shape index (κ3) is 2.22. The molecule has 1 fully saturated rings. The molecule has 0 saturated carbocycles. The summed E-state index contributed by atoms with van der Waals surface area (Å²) in [6, 6.07) is 0.518. The largest absolute Gasteiger partial charge is 0.354 e. The molecule has 1 atom stereocenters. The number of imidazole rings is 1. The predicted molar refractivity (Wildman–Crippen MR) is 76.5 cm³/mol. The number of hydrogen-bond acceptors (Lipinski definition) is 5. The van der Waals surface area contributed by atoms with Gasteiger partial charge in [-0.2, -0.15) is 9.97 Å². The number of aromatic amines is 1. The molecule has 0 aromatic carbocycles. The summed E-state index contributed by atoms with van der Waals surface area (Å²) < 4.78 is 0. The van der Waals surface area contributed by atoms with Crippen molar-refractivity contribution in [2.75, 3.05) is 23.3 Å². The molecule has 1 aliphatic heterocycles. The van der Waals surface area contributed by atoms with Crippen molar-refractivity contribution in [3.8, 4) is 0 Å². The Morgan fingerprint density at radius 2 is 2.32 bits per heavy atom. The van der Waals surface area contributed by atoms with Gasteiger partial charge >= 0.3 is 0 Å². The molecule has 3 heterocycles. The van der Waals surface area contributed by atoms with E-state index in [0.29, 0.717) is 12.0 Å². The highest BCUT2D eigenvalue weighted by molar-refractivity contribution is 5.84. The van der Waals surface area contributed by atoms with Crippen LogP contribution in [0.5, 0.6) is 0 Å². The van der Waals surface area contributed by atoms with E-state index in [1.807, 2.05) is 6.92 Å². The van der Waals surface area contributed by atoms with E-state index in [0.717, 1.165) is 30.1 Å². The van der Waals surface area contributed by atoms with E-state index in [4.69, 9.17) is 0 Å². The van der Waals surface area contributed by atoms with Crippen molar-refractivity contribution in [2.45, 2.75) is 39.2 Å². The Morgan fingerprint density at radius 3 is 3.11 bits per heavy atom. The molecular weight excluding hydrogens is 240 g/mol. The molecule has 3 rings (SSSR count). The minimum Gasteiger partial charge on any atom is -0.354 e. The summed E-state index contributed by atoms with van der Waals surface area (Å²) in [5, 5.41) is 3.18. The minimum atomic E-state index is 0.518. The fourth-order valence-corrected chi connectivity index (χ4v) is 2.68. The molecule has 0 spiro atoms. The van der Waals surface area contributed by atoms with Gasteiger partial charge in [-0.1, -0.05) is 0 Å². The normalized spacial score (nSPS) is 19.9. The zero-order valence-electron chi connectivity index (χ0n) is 11.5. The van der Waals surface area contributed by atoms with Crippen LogP contribution in [-0.2, 0) is 0 Å². The molecule has 1 saturated heterocycles. The molecule has 2 aromatic heterocycles. The van der Waals surface area contributed by atoms with Crippen molar-refractivity contribution >= 4 is 22.9 Å². The number of nitrogens with one attached hydrogen (secondary N) is 2. The van der Waals surface area contributed by atoms with Crippen LogP contribution >= 0.6 is 0 Å². The van der Waals surface area contributed by atoms with Gasteiger partial charge in [-0.3, -0.25) is 0 Å². The zero-order valence-corrected chi connectivity index (χ0v) is 11.5. The number of rotatable bonds is 3. The van der Waals surface area contributed by atoms with Crippen LogP contribution in [0.4, 0.5) is 11.8 Å². The van der Waals surface area contributed by atoms with Gasteiger partial charge in [0.15, 0.2) is 11.5 Å². The topological polar surface area (TPSA) is 69.7 Å². The first-order valence-electron chi connectivity index (χ1n) is 7.01. The van der Waals surface area contributed by atoms with Gasteiger partial charge in [-0.15, -0.1) is 0 Å². The molecule has 2 aromatic rings. The van der Waals surface area contributed by atoms with Crippen molar-refractivity contribution in [2.24, 2.45) is 0 Å². The standard InChI is InChI=1S/C13H20N6/c1-3-14-13-17-11-10(15-8-16-11)12(18-13)19-7-5-4-6-9(19)2/h8-9H,3-7H2,1-2H3,(H2,14,15,16,17,18). The van der Waals surface area contributed by atoms with Gasteiger partial charge in [0, 0.05) is 19.1 Å². The van der Waals surface area contributed by atoms with Crippen LogP contribution < -0.4 is 10.2 Å². The average Bonchev–Trinajstić information content (AvgIpc) is 2.87. The molecule has 1 aliphatic rings. The number of hydrogen-bond donors (Lipinski definition) is 2. The van der Waals surface area contributed by atoms with Gasteiger partial charge in [0.2, 0.25) is 5.95 Å². The molecule has 1 unspecified atom stereocenters. The number of anilines is 2. The van der Waals surface area contributed by atoms with Crippen molar-refractivity contribution < 1.29 is 0 Å². The Kier molecular flexibility index (Phi) is 3.23. The Bertz CT molecular complexity index is 563. The minimum absolute atomic E-state index is 0.518. The monoisotopic (exact) mass is 260 g/mol. The third-order valence-electron chi connectivity index (χ3n) is 3.68. The molecule has 0 aliphatic carbocycles. The molecule has 6 heteroatoms. The number of H-pyrrole nitrogens is 1. The fourth-order valence-electron chi connectivity index (χ4n) is 2.68. The highest BCUT2D eigenvalue weighted by atomic mass is 15.3. The predicted octanol–water partition coefficient (Wildman–Crippen LogP) is 2.16. The highest BCUT2D eigenvalue weighted by Gasteiger charge is 2.23. The van der Waals surface area contributed by atoms with Crippen molar-refractivity contribution in [1.29, 1.82) is 0 Å². The van der Waals surface area contributed by atoms with Gasteiger partial charge in [0.05, 0.1) is 6.33 Å². The first kappa shape index (κ1) is 12.2. The van der Waals surface area contributed by atoms with E-state index >= 15 is 0 Å². The number of fused-ring (bicyclic) bond motifs is 1. The Labute approximate surface area is 112 Å². The zero-order chi connectivity index (χ0) is 13.2. The summed E-state index contributed by atoms with van der Waals surface area (Å²) in [5.74, 6) is 1.64. The average molecular weight is 260 g/mol. The maximum atomic E-state index is 4.67. The second-order valence-electron chi connectivity index (χ2n) is 5.04. The van der Waals surface area contributed by atoms with Crippen molar-refractivity contribution in [1.82, 2.24) is 19.9 Å². The molecule has 0 amide bonds. The summed E-state index contributed by atoms with van der Waals surface area (Å²) in [6.45, 7) is 6.17. The van der Waals surface area contributed by atoms with E-state index < -0.39 is 0 Å². The quantitative estimate of drug-likeness (QED) is 0.885. The van der Waals surface area contributed by atoms with Crippen molar-refractivity contribution in [3.05, 3.63) is 6.33 Å². The van der Waals surface area contributed by atoms with Gasteiger partial charge in [-0.05, 0) is 33.1 Å². The Morgan fingerprint density at radius 1 is 1.42 bits per heavy atom. The lowest BCUT2D eigenvalue weighted by molar-refractivity contribution is 0.482. The molecule has 19 heavy (non-hydrogen) atoms. The van der Waals surface area contributed by atoms with Crippen LogP contribution in [0, 0.1) is 0 Å². The van der Waals surface area contributed by atoms with E-state index in [1.165, 1.54) is 19.3 Å². The number of aromatic nitrogens is 4. The Balaban J connectivity index is 2.06. The van der Waals surface area contributed by atoms with E-state index in [1.54, 1.807) is 6.33 Å². The molecule has 0 radical (unpaired) electrons. The molecule has 2 N–H and O–H groups in total. The lowest BCUT2D eigenvalue weighted by Gasteiger charge is -2.34. The van der Waals surface area contributed by atoms with E-state index in [2.05, 4.69) is 37.1 Å². The summed E-state index contributed by atoms with van der Waals surface area (Å²) in [6.07, 6.45) is 5.43. The lowest BCUT2D eigenvalue weighted by atomic mass is 10.0. The van der Waals surface area contributed by atoms with Gasteiger partial charge in [0.1, 0.15) is 5.52 Å². The highest BCUT2D eigenvalue weighted by Crippen LogP contribution is 2.28. The van der Waals surface area contributed by atoms with Gasteiger partial charge < -0.3 is 15.2 Å². The summed E-state index contributed by atoms with van der Waals surface area (Å²) in [4.78, 5) is 18.9. The van der Waals surface area contributed by atoms with E-state index in [9.17, 15) is 0 Å². The van der Waals surface area contributed by atoms with Gasteiger partial charge in [0.25, 0.3) is 0 Å². The number of piperidine rings is 1. The maximum Gasteiger partial charge on any atom is 0.226 e. The van der Waals surface area contributed by atoms with Crippen LogP contribution in [0.1, 0.15) is 33.1 Å². The first-order chi connectivity index (χ1) is 9.29. The molecule has 0 bridgehead atoms. The second-order valence-corrected chi connectivity index (χ2v) is 5.04. The van der Waals surface area contributed by atoms with E-state index in [-0.39, 0.29) is 0 Å². The van der Waals surface area contributed by atoms with Crippen LogP contribution in [0.3, 0.4) is 0 Å². The van der Waals surface area contributed by atoms with Gasteiger partial charge in [-0.25, -0.2) is 4.98 Å². The number of nitrogens with zero attached hydrogens (tertiary/aromatic N) is 4. The lowest BCUT2D eigenvalue weighted by Crippen LogP contribution is -2.38. The summed E-state index contributed by atoms with van der Waals surface area (Å²) >= 11 is 0. The summed E-state index contributed by atoms with van der Waals surface area (Å²) in [7, 11) is 0. The van der Waals surface area contributed by atoms with Crippen molar-refractivity contribution in [3.63, 3.8) is 0 Å². The van der Waals surface area contributed by atoms with Crippen LogP contribution in [0.2, 0.25) is 0 Å². The molecule has 6 nitrogen and oxygen atoms in total. The maximum absolute atomic E-state index is 4.67. The first-order valence-corrected chi connectivity index (χ1v) is 7.01. The van der Waals surface area contributed by atoms with Crippen LogP contribution in [-0.4, -0.2) is 39.1 Å². The SMILES string of the molecule is CCNc1nc(N2CCCCC2C)c2[nH]cnc2n1. The summed E-state index contributed by atoms with van der Waals surface area (Å²) in [5.41, 5.74) is 1.68. The Hall–Kier alpha value is -1.85. The smallest absolute Gasteiger partial charge is 0.226 e. The molecule has 102 valence electrons. The second kappa shape index (κ2) is 5.03. The van der Waals surface area contributed by atoms with Crippen LogP contribution in [0.25, 0.3) is 11.2 Å². The third-order valence-corrected chi connectivity index (χ3v) is 3.68.